The van der Waals surface area contributed by atoms with E-state index in [1.165, 1.54) is 17.4 Å². The molecular weight excluding hydrogens is 291 g/mol. The molecule has 0 bridgehead atoms. The number of nitrogens with zero attached hydrogens (tertiary/aromatic N) is 1. The number of hydrogen-bond donors (Lipinski definition) is 1. The second-order valence-electron chi connectivity index (χ2n) is 4.32. The Morgan fingerprint density at radius 2 is 1.76 bits per heavy atom. The van der Waals surface area contributed by atoms with Crippen molar-refractivity contribution in [2.75, 3.05) is 19.5 Å². The molecule has 3 aromatic rings. The van der Waals surface area contributed by atoms with Crippen molar-refractivity contribution >= 4 is 32.4 Å². The largest absolute Gasteiger partial charge is 0.497 e. The first-order valence-electron chi connectivity index (χ1n) is 6.25. The van der Waals surface area contributed by atoms with E-state index >= 15 is 0 Å². The lowest BCUT2D eigenvalue weighted by molar-refractivity contribution is 0.414. The Morgan fingerprint density at radius 3 is 2.52 bits per heavy atom. The maximum Gasteiger partial charge on any atom is 0.188 e. The Bertz CT molecular complexity index is 788. The number of aromatic nitrogens is 1. The van der Waals surface area contributed by atoms with Crippen LogP contribution in [0.5, 0.6) is 11.5 Å². The van der Waals surface area contributed by atoms with Gasteiger partial charge in [0.2, 0.25) is 0 Å². The molecule has 1 aromatic heterocycles. The summed E-state index contributed by atoms with van der Waals surface area (Å²) in [5, 5.41) is 3.60. The minimum Gasteiger partial charge on any atom is -0.497 e. The first-order valence-corrected chi connectivity index (χ1v) is 7.06. The molecule has 0 aliphatic rings. The quantitative estimate of drug-likeness (QED) is 0.784. The number of fused-ring (bicyclic) bond motifs is 1. The lowest BCUT2D eigenvalue weighted by atomic mass is 10.3. The molecule has 1 heterocycles. The van der Waals surface area contributed by atoms with Gasteiger partial charge in [0.15, 0.2) is 5.13 Å². The minimum atomic E-state index is -0.354. The highest BCUT2D eigenvalue weighted by Crippen LogP contribution is 2.32. The molecule has 0 radical (unpaired) electrons. The van der Waals surface area contributed by atoms with Crippen molar-refractivity contribution in [3.8, 4) is 11.5 Å². The molecule has 0 fully saturated rings. The van der Waals surface area contributed by atoms with Gasteiger partial charge in [0, 0.05) is 6.07 Å². The fourth-order valence-electron chi connectivity index (χ4n) is 1.93. The Morgan fingerprint density at radius 1 is 1.05 bits per heavy atom. The summed E-state index contributed by atoms with van der Waals surface area (Å²) in [4.78, 5) is 4.42. The summed E-state index contributed by atoms with van der Waals surface area (Å²) >= 11 is 1.43. The van der Waals surface area contributed by atoms with E-state index in [1.54, 1.807) is 26.4 Å². The molecule has 0 spiro atoms. The van der Waals surface area contributed by atoms with E-state index in [2.05, 4.69) is 10.3 Å². The van der Waals surface area contributed by atoms with E-state index in [-0.39, 0.29) is 5.82 Å². The third-order valence-electron chi connectivity index (χ3n) is 3.01. The number of benzene rings is 2. The van der Waals surface area contributed by atoms with Crippen LogP contribution in [-0.2, 0) is 0 Å². The number of halogens is 1. The van der Waals surface area contributed by atoms with E-state index in [0.29, 0.717) is 16.6 Å². The van der Waals surface area contributed by atoms with Crippen molar-refractivity contribution in [1.82, 2.24) is 4.98 Å². The van der Waals surface area contributed by atoms with E-state index in [4.69, 9.17) is 9.47 Å². The first kappa shape index (κ1) is 13.6. The summed E-state index contributed by atoms with van der Waals surface area (Å²) in [6.07, 6.45) is 0. The highest BCUT2D eigenvalue weighted by Gasteiger charge is 2.09. The smallest absolute Gasteiger partial charge is 0.188 e. The normalized spacial score (nSPS) is 10.6. The molecule has 0 aliphatic carbocycles. The van der Waals surface area contributed by atoms with Crippen LogP contribution in [-0.4, -0.2) is 19.2 Å². The molecule has 0 saturated carbocycles. The highest BCUT2D eigenvalue weighted by atomic mass is 32.1. The second-order valence-corrected chi connectivity index (χ2v) is 5.35. The Hall–Kier alpha value is -2.34. The van der Waals surface area contributed by atoms with Crippen LogP contribution in [0.4, 0.5) is 15.2 Å². The number of rotatable bonds is 4. The molecule has 108 valence electrons. The molecule has 21 heavy (non-hydrogen) atoms. The molecule has 6 heteroatoms. The van der Waals surface area contributed by atoms with E-state index in [1.807, 2.05) is 18.2 Å². The highest BCUT2D eigenvalue weighted by molar-refractivity contribution is 7.22. The van der Waals surface area contributed by atoms with Crippen molar-refractivity contribution < 1.29 is 13.9 Å². The Labute approximate surface area is 125 Å². The zero-order valence-corrected chi connectivity index (χ0v) is 12.3. The number of anilines is 2. The molecule has 0 saturated heterocycles. The van der Waals surface area contributed by atoms with Gasteiger partial charge in [0.25, 0.3) is 0 Å². The van der Waals surface area contributed by atoms with Gasteiger partial charge in [-0.05, 0) is 30.3 Å². The van der Waals surface area contributed by atoms with Gasteiger partial charge in [-0.3, -0.25) is 0 Å². The molecule has 0 amide bonds. The van der Waals surface area contributed by atoms with Gasteiger partial charge in [0.1, 0.15) is 17.3 Å². The van der Waals surface area contributed by atoms with Crippen molar-refractivity contribution in [3.63, 3.8) is 0 Å². The van der Waals surface area contributed by atoms with Crippen LogP contribution < -0.4 is 14.8 Å². The first-order chi connectivity index (χ1) is 10.2. The van der Waals surface area contributed by atoms with Crippen molar-refractivity contribution in [2.45, 2.75) is 0 Å². The molecule has 0 atom stereocenters. The molecule has 2 aromatic carbocycles. The Balaban J connectivity index is 1.94. The minimum absolute atomic E-state index is 0.334. The average molecular weight is 304 g/mol. The fourth-order valence-corrected chi connectivity index (χ4v) is 2.83. The Kier molecular flexibility index (Phi) is 3.62. The maximum atomic E-state index is 13.8. The fraction of sp³-hybridized carbons (Fsp3) is 0.133. The van der Waals surface area contributed by atoms with Crippen LogP contribution in [0, 0.1) is 5.82 Å². The van der Waals surface area contributed by atoms with Crippen LogP contribution in [0.15, 0.2) is 36.4 Å². The summed E-state index contributed by atoms with van der Waals surface area (Å²) in [7, 11) is 3.16. The molecule has 1 N–H and O–H groups in total. The van der Waals surface area contributed by atoms with Crippen LogP contribution >= 0.6 is 11.3 Å². The van der Waals surface area contributed by atoms with Gasteiger partial charge in [-0.15, -0.1) is 0 Å². The number of thiazole rings is 1. The summed E-state index contributed by atoms with van der Waals surface area (Å²) in [5.41, 5.74) is 1.17. The van der Waals surface area contributed by atoms with Gasteiger partial charge in [0.05, 0.1) is 30.1 Å². The topological polar surface area (TPSA) is 43.4 Å². The zero-order chi connectivity index (χ0) is 14.8. The SMILES string of the molecule is COc1ccc(F)c(Nc2nc3ccc(OC)cc3s2)c1. The summed E-state index contributed by atoms with van der Waals surface area (Å²) in [6.45, 7) is 0. The van der Waals surface area contributed by atoms with Gasteiger partial charge < -0.3 is 14.8 Å². The van der Waals surface area contributed by atoms with Crippen LogP contribution in [0.25, 0.3) is 10.2 Å². The van der Waals surface area contributed by atoms with Gasteiger partial charge >= 0.3 is 0 Å². The molecule has 3 rings (SSSR count). The second kappa shape index (κ2) is 5.57. The van der Waals surface area contributed by atoms with Crippen molar-refractivity contribution in [1.29, 1.82) is 0 Å². The van der Waals surface area contributed by atoms with Crippen molar-refractivity contribution in [2.24, 2.45) is 0 Å². The monoisotopic (exact) mass is 304 g/mol. The standard InChI is InChI=1S/C15H13FN2O2S/c1-19-9-3-5-11(16)13(7-9)18-15-17-12-6-4-10(20-2)8-14(12)21-15/h3-8H,1-2H3,(H,17,18). The van der Waals surface area contributed by atoms with Gasteiger partial charge in [-0.25, -0.2) is 9.37 Å². The average Bonchev–Trinajstić information content (AvgIpc) is 2.90. The lowest BCUT2D eigenvalue weighted by Crippen LogP contribution is -1.94. The summed E-state index contributed by atoms with van der Waals surface area (Å²) in [6, 6.07) is 10.2. The molecule has 4 nitrogen and oxygen atoms in total. The molecule has 0 aliphatic heterocycles. The van der Waals surface area contributed by atoms with Crippen LogP contribution in [0.1, 0.15) is 0 Å². The number of ether oxygens (including phenoxy) is 2. The third kappa shape index (κ3) is 2.75. The summed E-state index contributed by atoms with van der Waals surface area (Å²) < 4.78 is 25.1. The van der Waals surface area contributed by atoms with Gasteiger partial charge in [-0.2, -0.15) is 0 Å². The lowest BCUT2D eigenvalue weighted by Gasteiger charge is -2.06. The molecule has 0 unspecified atom stereocenters. The zero-order valence-electron chi connectivity index (χ0n) is 11.5. The predicted octanol–water partition coefficient (Wildman–Crippen LogP) is 4.20. The number of hydrogen-bond acceptors (Lipinski definition) is 5. The maximum absolute atomic E-state index is 13.8. The van der Waals surface area contributed by atoms with Crippen LogP contribution in [0.3, 0.4) is 0 Å². The van der Waals surface area contributed by atoms with E-state index in [0.717, 1.165) is 16.0 Å². The van der Waals surface area contributed by atoms with Crippen molar-refractivity contribution in [3.05, 3.63) is 42.2 Å². The predicted molar refractivity (Wildman–Crippen MR) is 82.4 cm³/mol. The number of methoxy groups -OCH3 is 2. The summed E-state index contributed by atoms with van der Waals surface area (Å²) in [5.74, 6) is 1.000. The van der Waals surface area contributed by atoms with Gasteiger partial charge in [-0.1, -0.05) is 11.3 Å². The van der Waals surface area contributed by atoms with E-state index < -0.39 is 0 Å². The third-order valence-corrected chi connectivity index (χ3v) is 3.94. The number of nitrogens with one attached hydrogen (secondary N) is 1. The van der Waals surface area contributed by atoms with E-state index in [9.17, 15) is 4.39 Å². The van der Waals surface area contributed by atoms with Crippen LogP contribution in [0.2, 0.25) is 0 Å². The molecular formula is C15H13FN2O2S.